The molecule has 0 aliphatic rings. The lowest BCUT2D eigenvalue weighted by Gasteiger charge is -2.26. The van der Waals surface area contributed by atoms with Crippen LogP contribution in [0.2, 0.25) is 0 Å². The van der Waals surface area contributed by atoms with Gasteiger partial charge in [-0.25, -0.2) is 4.98 Å². The Balaban J connectivity index is 2.93. The molecule has 1 aromatic rings. The second-order valence-electron chi connectivity index (χ2n) is 5.38. The molecule has 0 radical (unpaired) electrons. The summed E-state index contributed by atoms with van der Waals surface area (Å²) in [7, 11) is 0. The normalized spacial score (nSPS) is 14.1. The van der Waals surface area contributed by atoms with Gasteiger partial charge in [-0.15, -0.1) is 0 Å². The predicted octanol–water partition coefficient (Wildman–Crippen LogP) is 2.06. The molecule has 2 N–H and O–H groups in total. The molecule has 0 spiro atoms. The molecule has 0 aliphatic heterocycles. The number of aromatic amines is 1. The fourth-order valence-corrected chi connectivity index (χ4v) is 1.50. The van der Waals surface area contributed by atoms with Crippen molar-refractivity contribution < 1.29 is 4.79 Å². The number of aromatic nitrogens is 2. The van der Waals surface area contributed by atoms with E-state index in [4.69, 9.17) is 0 Å². The average molecular weight is 223 g/mol. The zero-order valence-electron chi connectivity index (χ0n) is 10.7. The Bertz CT molecular complexity index is 336. The molecule has 4 heteroatoms. The zero-order chi connectivity index (χ0) is 12.3. The number of rotatable bonds is 4. The van der Waals surface area contributed by atoms with Gasteiger partial charge in [0.15, 0.2) is 5.78 Å². The molecular weight excluding hydrogens is 202 g/mol. The van der Waals surface area contributed by atoms with Crippen molar-refractivity contribution in [3.63, 3.8) is 0 Å². The Hall–Kier alpha value is -1.16. The highest BCUT2D eigenvalue weighted by molar-refractivity contribution is 5.89. The van der Waals surface area contributed by atoms with Gasteiger partial charge in [0.2, 0.25) is 0 Å². The van der Waals surface area contributed by atoms with Gasteiger partial charge in [0.25, 0.3) is 0 Å². The minimum absolute atomic E-state index is 0.172. The SMILES string of the molecule is CC(C)NC(C(=O)C(C)(C)C)c1cnc[nH]1. The maximum Gasteiger partial charge on any atom is 0.161 e. The van der Waals surface area contributed by atoms with E-state index in [2.05, 4.69) is 15.3 Å². The Kier molecular flexibility index (Phi) is 3.86. The second-order valence-corrected chi connectivity index (χ2v) is 5.38. The van der Waals surface area contributed by atoms with Crippen LogP contribution in [0, 0.1) is 5.41 Å². The first-order valence-corrected chi connectivity index (χ1v) is 5.61. The number of hydrogen-bond acceptors (Lipinski definition) is 3. The molecule has 0 saturated heterocycles. The monoisotopic (exact) mass is 223 g/mol. The fourth-order valence-electron chi connectivity index (χ4n) is 1.50. The Morgan fingerprint density at radius 1 is 1.44 bits per heavy atom. The molecule has 0 aliphatic carbocycles. The van der Waals surface area contributed by atoms with Crippen molar-refractivity contribution in [1.82, 2.24) is 15.3 Å². The summed E-state index contributed by atoms with van der Waals surface area (Å²) in [6.07, 6.45) is 3.30. The third-order valence-corrected chi connectivity index (χ3v) is 2.33. The van der Waals surface area contributed by atoms with E-state index < -0.39 is 0 Å². The molecule has 1 unspecified atom stereocenters. The van der Waals surface area contributed by atoms with Crippen molar-refractivity contribution in [2.24, 2.45) is 5.41 Å². The summed E-state index contributed by atoms with van der Waals surface area (Å²) in [6.45, 7) is 9.85. The predicted molar refractivity (Wildman–Crippen MR) is 64.1 cm³/mol. The highest BCUT2D eigenvalue weighted by Crippen LogP contribution is 2.24. The standard InChI is InChI=1S/C12H21N3O/c1-8(2)15-10(9-6-13-7-14-9)11(16)12(3,4)5/h6-8,10,15H,1-5H3,(H,13,14). The molecule has 1 heterocycles. The van der Waals surface area contributed by atoms with E-state index in [0.29, 0.717) is 0 Å². The number of nitrogens with one attached hydrogen (secondary N) is 2. The largest absolute Gasteiger partial charge is 0.347 e. The van der Waals surface area contributed by atoms with Gasteiger partial charge < -0.3 is 10.3 Å². The van der Waals surface area contributed by atoms with Crippen LogP contribution in [0.3, 0.4) is 0 Å². The molecule has 1 rings (SSSR count). The smallest absolute Gasteiger partial charge is 0.161 e. The van der Waals surface area contributed by atoms with Crippen LogP contribution in [-0.4, -0.2) is 21.8 Å². The molecule has 1 aromatic heterocycles. The van der Waals surface area contributed by atoms with Crippen molar-refractivity contribution in [3.05, 3.63) is 18.2 Å². The third kappa shape index (κ3) is 3.17. The molecule has 0 amide bonds. The van der Waals surface area contributed by atoms with Crippen LogP contribution in [0.1, 0.15) is 46.4 Å². The van der Waals surface area contributed by atoms with E-state index in [0.717, 1.165) is 5.69 Å². The number of hydrogen-bond donors (Lipinski definition) is 2. The number of imidazole rings is 1. The van der Waals surface area contributed by atoms with E-state index in [1.54, 1.807) is 12.5 Å². The summed E-state index contributed by atoms with van der Waals surface area (Å²) in [6, 6.07) is -0.0536. The first-order chi connectivity index (χ1) is 7.32. The maximum atomic E-state index is 12.3. The maximum absolute atomic E-state index is 12.3. The first-order valence-electron chi connectivity index (χ1n) is 5.61. The van der Waals surface area contributed by atoms with Crippen LogP contribution < -0.4 is 5.32 Å². The van der Waals surface area contributed by atoms with Gasteiger partial charge in [-0.1, -0.05) is 20.8 Å². The lowest BCUT2D eigenvalue weighted by atomic mass is 9.85. The lowest BCUT2D eigenvalue weighted by molar-refractivity contribution is -0.128. The minimum atomic E-state index is -0.363. The van der Waals surface area contributed by atoms with Gasteiger partial charge in [0, 0.05) is 17.7 Å². The molecule has 0 aromatic carbocycles. The summed E-state index contributed by atoms with van der Waals surface area (Å²) in [5.74, 6) is 0.172. The molecule has 1 atom stereocenters. The highest BCUT2D eigenvalue weighted by atomic mass is 16.1. The third-order valence-electron chi connectivity index (χ3n) is 2.33. The molecule has 0 saturated carbocycles. The van der Waals surface area contributed by atoms with E-state index in [1.807, 2.05) is 34.6 Å². The lowest BCUT2D eigenvalue weighted by Crippen LogP contribution is -2.39. The number of carbonyl (C=O) groups is 1. The number of carbonyl (C=O) groups excluding carboxylic acids is 1. The van der Waals surface area contributed by atoms with Gasteiger partial charge in [-0.3, -0.25) is 4.79 Å². The van der Waals surface area contributed by atoms with Crippen molar-refractivity contribution >= 4 is 5.78 Å². The van der Waals surface area contributed by atoms with E-state index in [1.165, 1.54) is 0 Å². The molecule has 4 nitrogen and oxygen atoms in total. The van der Waals surface area contributed by atoms with E-state index >= 15 is 0 Å². The van der Waals surface area contributed by atoms with Gasteiger partial charge in [-0.2, -0.15) is 0 Å². The van der Waals surface area contributed by atoms with Crippen LogP contribution in [0.4, 0.5) is 0 Å². The summed E-state index contributed by atoms with van der Waals surface area (Å²) >= 11 is 0. The Labute approximate surface area is 96.9 Å². The quantitative estimate of drug-likeness (QED) is 0.821. The minimum Gasteiger partial charge on any atom is -0.347 e. The van der Waals surface area contributed by atoms with Crippen LogP contribution in [0.15, 0.2) is 12.5 Å². The summed E-state index contributed by atoms with van der Waals surface area (Å²) in [5, 5.41) is 3.27. The average Bonchev–Trinajstić information content (AvgIpc) is 2.63. The van der Waals surface area contributed by atoms with Crippen molar-refractivity contribution in [1.29, 1.82) is 0 Å². The zero-order valence-corrected chi connectivity index (χ0v) is 10.7. The summed E-state index contributed by atoms with van der Waals surface area (Å²) in [5.41, 5.74) is 0.464. The number of nitrogens with zero attached hydrogens (tertiary/aromatic N) is 1. The molecule has 90 valence electrons. The van der Waals surface area contributed by atoms with Crippen LogP contribution >= 0.6 is 0 Å². The molecule has 16 heavy (non-hydrogen) atoms. The number of ketones is 1. The van der Waals surface area contributed by atoms with Crippen molar-refractivity contribution in [2.75, 3.05) is 0 Å². The molecule has 0 fully saturated rings. The van der Waals surface area contributed by atoms with E-state index in [-0.39, 0.29) is 23.3 Å². The van der Waals surface area contributed by atoms with Gasteiger partial charge >= 0.3 is 0 Å². The van der Waals surface area contributed by atoms with Crippen LogP contribution in [0.25, 0.3) is 0 Å². The van der Waals surface area contributed by atoms with Crippen LogP contribution in [-0.2, 0) is 4.79 Å². The van der Waals surface area contributed by atoms with Crippen LogP contribution in [0.5, 0.6) is 0 Å². The topological polar surface area (TPSA) is 57.8 Å². The Morgan fingerprint density at radius 3 is 2.44 bits per heavy atom. The van der Waals surface area contributed by atoms with Gasteiger partial charge in [-0.05, 0) is 13.8 Å². The number of Topliss-reactive ketones (excluding diaryl/α,β-unsaturated/α-hetero) is 1. The highest BCUT2D eigenvalue weighted by Gasteiger charge is 2.31. The van der Waals surface area contributed by atoms with E-state index in [9.17, 15) is 4.79 Å². The summed E-state index contributed by atoms with van der Waals surface area (Å²) in [4.78, 5) is 19.3. The second kappa shape index (κ2) is 4.78. The van der Waals surface area contributed by atoms with Crippen molar-refractivity contribution in [2.45, 2.75) is 46.7 Å². The van der Waals surface area contributed by atoms with Gasteiger partial charge in [0.05, 0.1) is 12.0 Å². The first kappa shape index (κ1) is 12.9. The summed E-state index contributed by atoms with van der Waals surface area (Å²) < 4.78 is 0. The van der Waals surface area contributed by atoms with Crippen molar-refractivity contribution in [3.8, 4) is 0 Å². The number of H-pyrrole nitrogens is 1. The molecule has 0 bridgehead atoms. The Morgan fingerprint density at radius 2 is 2.06 bits per heavy atom. The fraction of sp³-hybridized carbons (Fsp3) is 0.667. The van der Waals surface area contributed by atoms with Gasteiger partial charge in [0.1, 0.15) is 6.04 Å². The molecular formula is C12H21N3O.